The first-order valence-electron chi connectivity index (χ1n) is 14.3. The van der Waals surface area contributed by atoms with Crippen molar-refractivity contribution in [3.8, 4) is 5.88 Å². The van der Waals surface area contributed by atoms with Crippen molar-refractivity contribution in [1.82, 2.24) is 20.4 Å². The molecule has 5 saturated carbocycles. The van der Waals surface area contributed by atoms with Crippen molar-refractivity contribution < 1.29 is 19.1 Å². The molecule has 0 aliphatic heterocycles. The Balaban J connectivity index is 0.00000336. The Labute approximate surface area is 232 Å². The second-order valence-electron chi connectivity index (χ2n) is 11.6. The maximum atomic E-state index is 13.6. The van der Waals surface area contributed by atoms with Gasteiger partial charge in [-0.15, -0.1) is 12.4 Å². The van der Waals surface area contributed by atoms with E-state index in [-0.39, 0.29) is 42.6 Å². The summed E-state index contributed by atoms with van der Waals surface area (Å²) in [6, 6.07) is 0.251. The molecule has 212 valence electrons. The zero-order chi connectivity index (χ0) is 25.8. The summed E-state index contributed by atoms with van der Waals surface area (Å²) in [5.41, 5.74) is 5.97. The Morgan fingerprint density at radius 3 is 2.42 bits per heavy atom. The molecule has 0 atom stereocenters. The standard InChI is InChI=1S/C28H43N5O4.ClH/c1-36-24(27(35)30-9-8-29)7-10-33-28(37-17-18-5-3-2-4-6-18)23(16-31-33)26(34)32-25-21-12-19-11-20(14-21)15-22(25)13-19;/h7,16,18-22,25H,2-6,8-15,17,29H2,1H3,(H,30,35)(H,32,34);1H/b24-7-;. The molecule has 9 nitrogen and oxygen atoms in total. The summed E-state index contributed by atoms with van der Waals surface area (Å²) >= 11 is 0. The molecule has 4 N–H and O–H groups in total. The van der Waals surface area contributed by atoms with Gasteiger partial charge >= 0.3 is 0 Å². The first-order chi connectivity index (χ1) is 18.1. The highest BCUT2D eigenvalue weighted by Crippen LogP contribution is 2.53. The number of methoxy groups -OCH3 is 1. The third-order valence-corrected chi connectivity index (χ3v) is 9.06. The number of carbonyl (C=O) groups excluding carboxylic acids is 2. The molecule has 5 aliphatic carbocycles. The molecule has 0 unspecified atom stereocenters. The molecule has 6 rings (SSSR count). The van der Waals surface area contributed by atoms with E-state index in [4.69, 9.17) is 15.2 Å². The number of carbonyl (C=O) groups is 2. The summed E-state index contributed by atoms with van der Waals surface area (Å²) in [5, 5.41) is 10.6. The van der Waals surface area contributed by atoms with E-state index in [9.17, 15) is 9.59 Å². The molecule has 5 aliphatic rings. The fourth-order valence-electron chi connectivity index (χ4n) is 7.46. The van der Waals surface area contributed by atoms with Crippen molar-refractivity contribution >= 4 is 24.2 Å². The lowest BCUT2D eigenvalue weighted by atomic mass is 9.54. The number of amides is 2. The first-order valence-corrected chi connectivity index (χ1v) is 14.3. The van der Waals surface area contributed by atoms with Gasteiger partial charge in [0.05, 0.1) is 26.5 Å². The summed E-state index contributed by atoms with van der Waals surface area (Å²) in [6.07, 6.45) is 15.7. The van der Waals surface area contributed by atoms with Gasteiger partial charge in [-0.05, 0) is 80.6 Å². The maximum absolute atomic E-state index is 13.6. The van der Waals surface area contributed by atoms with Crippen LogP contribution in [0.1, 0.15) is 74.6 Å². The number of nitrogens with one attached hydrogen (secondary N) is 2. The molecule has 1 aromatic rings. The summed E-state index contributed by atoms with van der Waals surface area (Å²) in [6.45, 7) is 1.54. The average Bonchev–Trinajstić information content (AvgIpc) is 3.31. The van der Waals surface area contributed by atoms with Crippen LogP contribution in [-0.4, -0.2) is 54.4 Å². The van der Waals surface area contributed by atoms with E-state index in [2.05, 4.69) is 15.7 Å². The highest BCUT2D eigenvalue weighted by Gasteiger charge is 2.48. The molecular formula is C28H44ClN5O4. The van der Waals surface area contributed by atoms with Gasteiger partial charge in [-0.1, -0.05) is 19.3 Å². The van der Waals surface area contributed by atoms with Crippen molar-refractivity contribution in [2.24, 2.45) is 35.3 Å². The van der Waals surface area contributed by atoms with Crippen LogP contribution in [0.25, 0.3) is 0 Å². The molecule has 10 heteroatoms. The molecule has 0 spiro atoms. The minimum atomic E-state index is -0.329. The van der Waals surface area contributed by atoms with Crippen molar-refractivity contribution in [3.63, 3.8) is 0 Å². The zero-order valence-corrected chi connectivity index (χ0v) is 23.3. The number of ether oxygens (including phenoxy) is 2. The molecule has 1 heterocycles. The topological polar surface area (TPSA) is 121 Å². The van der Waals surface area contributed by atoms with Crippen LogP contribution in [0.5, 0.6) is 5.88 Å². The van der Waals surface area contributed by atoms with Crippen molar-refractivity contribution in [2.75, 3.05) is 26.8 Å². The van der Waals surface area contributed by atoms with E-state index >= 15 is 0 Å². The van der Waals surface area contributed by atoms with Gasteiger partial charge in [0.15, 0.2) is 5.76 Å². The largest absolute Gasteiger partial charge is 0.491 e. The van der Waals surface area contributed by atoms with Gasteiger partial charge in [-0.2, -0.15) is 5.10 Å². The van der Waals surface area contributed by atoms with Crippen LogP contribution in [-0.2, 0) is 16.1 Å². The number of rotatable bonds is 11. The van der Waals surface area contributed by atoms with E-state index in [0.29, 0.717) is 48.9 Å². The third-order valence-electron chi connectivity index (χ3n) is 9.06. The summed E-state index contributed by atoms with van der Waals surface area (Å²) in [7, 11) is 1.46. The van der Waals surface area contributed by atoms with E-state index in [1.807, 2.05) is 0 Å². The predicted molar refractivity (Wildman–Crippen MR) is 147 cm³/mol. The number of hydrogen-bond donors (Lipinski definition) is 3. The van der Waals surface area contributed by atoms with Crippen molar-refractivity contribution in [1.29, 1.82) is 0 Å². The van der Waals surface area contributed by atoms with Crippen LogP contribution < -0.4 is 21.1 Å². The molecule has 0 aromatic carbocycles. The quantitative estimate of drug-likeness (QED) is 0.287. The minimum absolute atomic E-state index is 0. The molecule has 1 aromatic heterocycles. The Bertz CT molecular complexity index is 962. The lowest BCUT2D eigenvalue weighted by Crippen LogP contribution is -2.55. The van der Waals surface area contributed by atoms with E-state index in [1.165, 1.54) is 58.5 Å². The highest BCUT2D eigenvalue weighted by atomic mass is 35.5. The van der Waals surface area contributed by atoms with Crippen LogP contribution in [0.3, 0.4) is 0 Å². The molecule has 0 saturated heterocycles. The number of nitrogens with zero attached hydrogens (tertiary/aromatic N) is 2. The van der Waals surface area contributed by atoms with Gasteiger partial charge in [0.2, 0.25) is 5.88 Å². The highest BCUT2D eigenvalue weighted by molar-refractivity contribution is 5.96. The maximum Gasteiger partial charge on any atom is 0.286 e. The lowest BCUT2D eigenvalue weighted by molar-refractivity contribution is -0.120. The number of nitrogens with two attached hydrogens (primary N) is 1. The van der Waals surface area contributed by atoms with Crippen LogP contribution in [0.2, 0.25) is 0 Å². The monoisotopic (exact) mass is 549 g/mol. The summed E-state index contributed by atoms with van der Waals surface area (Å²) in [4.78, 5) is 25.9. The molecule has 5 fully saturated rings. The lowest BCUT2D eigenvalue weighted by Gasteiger charge is -2.54. The summed E-state index contributed by atoms with van der Waals surface area (Å²) < 4.78 is 13.3. The fraction of sp³-hybridized carbons (Fsp3) is 0.750. The SMILES string of the molecule is CO/C(=C\Cn1ncc(C(=O)NC2C3CC4CC(C3)CC2C4)c1OCC1CCCCC1)C(=O)NCCN.Cl. The van der Waals surface area contributed by atoms with Gasteiger partial charge in [0.1, 0.15) is 5.56 Å². The Hall–Kier alpha value is -2.26. The van der Waals surface area contributed by atoms with Gasteiger partial charge in [0, 0.05) is 19.1 Å². The predicted octanol–water partition coefficient (Wildman–Crippen LogP) is 3.42. The van der Waals surface area contributed by atoms with Crippen molar-refractivity contribution in [2.45, 2.75) is 76.8 Å². The zero-order valence-electron chi connectivity index (χ0n) is 22.5. The number of halogens is 1. The first kappa shape index (κ1) is 28.7. The Morgan fingerprint density at radius 1 is 1.11 bits per heavy atom. The van der Waals surface area contributed by atoms with Crippen LogP contribution in [0.15, 0.2) is 18.0 Å². The number of aromatic nitrogens is 2. The Kier molecular flexibility index (Phi) is 9.98. The van der Waals surface area contributed by atoms with Crippen LogP contribution >= 0.6 is 12.4 Å². The van der Waals surface area contributed by atoms with E-state index in [1.54, 1.807) is 17.0 Å². The molecular weight excluding hydrogens is 506 g/mol. The second kappa shape index (κ2) is 13.2. The fourth-order valence-corrected chi connectivity index (χ4v) is 7.46. The second-order valence-corrected chi connectivity index (χ2v) is 11.6. The smallest absolute Gasteiger partial charge is 0.286 e. The third kappa shape index (κ3) is 6.47. The van der Waals surface area contributed by atoms with Crippen LogP contribution in [0.4, 0.5) is 0 Å². The molecule has 4 bridgehead atoms. The Morgan fingerprint density at radius 2 is 1.79 bits per heavy atom. The van der Waals surface area contributed by atoms with Gasteiger partial charge in [-0.25, -0.2) is 4.68 Å². The van der Waals surface area contributed by atoms with Gasteiger partial charge < -0.3 is 25.8 Å². The normalized spacial score (nSPS) is 28.5. The minimum Gasteiger partial charge on any atom is -0.491 e. The average molecular weight is 550 g/mol. The number of allylic oxidation sites excluding steroid dienone is 1. The molecule has 2 amide bonds. The van der Waals surface area contributed by atoms with Crippen LogP contribution in [0, 0.1) is 29.6 Å². The van der Waals surface area contributed by atoms with E-state index < -0.39 is 0 Å². The number of hydrogen-bond acceptors (Lipinski definition) is 6. The van der Waals surface area contributed by atoms with Gasteiger partial charge in [-0.3, -0.25) is 9.59 Å². The summed E-state index contributed by atoms with van der Waals surface area (Å²) in [5.74, 6) is 3.63. The molecule has 0 radical (unpaired) electrons. The van der Waals surface area contributed by atoms with Gasteiger partial charge in [0.25, 0.3) is 11.8 Å². The van der Waals surface area contributed by atoms with Crippen molar-refractivity contribution in [3.05, 3.63) is 23.6 Å². The van der Waals surface area contributed by atoms with E-state index in [0.717, 1.165) is 24.7 Å². The molecule has 38 heavy (non-hydrogen) atoms.